The summed E-state index contributed by atoms with van der Waals surface area (Å²) >= 11 is 0. The lowest BCUT2D eigenvalue weighted by Crippen LogP contribution is -2.18. The zero-order chi connectivity index (χ0) is 29.0. The first-order chi connectivity index (χ1) is 21.2. The highest BCUT2D eigenvalue weighted by molar-refractivity contribution is 6.03. The highest BCUT2D eigenvalue weighted by atomic mass is 16.4. The molecule has 1 atom stereocenters. The van der Waals surface area contributed by atoms with E-state index in [-0.39, 0.29) is 6.04 Å². The molecule has 0 N–H and O–H groups in total. The van der Waals surface area contributed by atoms with Gasteiger partial charge >= 0.3 is 0 Å². The normalized spacial score (nSPS) is 14.8. The van der Waals surface area contributed by atoms with Crippen LogP contribution in [0.3, 0.4) is 0 Å². The molecule has 0 saturated heterocycles. The van der Waals surface area contributed by atoms with Gasteiger partial charge in [0.2, 0.25) is 5.89 Å². The number of benzene rings is 5. The fraction of sp³-hybridized carbons (Fsp3) is 0.0769. The van der Waals surface area contributed by atoms with Gasteiger partial charge in [-0.25, -0.2) is 4.98 Å². The van der Waals surface area contributed by atoms with E-state index in [0.29, 0.717) is 5.89 Å². The average Bonchev–Trinajstić information content (AvgIpc) is 3.75. The van der Waals surface area contributed by atoms with Gasteiger partial charge in [-0.05, 0) is 53.4 Å². The van der Waals surface area contributed by atoms with Crippen LogP contribution in [0.4, 0.5) is 5.69 Å². The number of aromatic nitrogens is 1. The quantitative estimate of drug-likeness (QED) is 0.183. The van der Waals surface area contributed by atoms with E-state index in [9.17, 15) is 0 Å². The third-order valence-corrected chi connectivity index (χ3v) is 7.83. The number of aryl methyl sites for hydroxylation is 1. The molecule has 5 aromatic carbocycles. The Morgan fingerprint density at radius 2 is 1.26 bits per heavy atom. The van der Waals surface area contributed by atoms with Crippen molar-refractivity contribution in [1.82, 2.24) is 4.98 Å². The van der Waals surface area contributed by atoms with Crippen LogP contribution in [0, 0.1) is 6.92 Å². The highest BCUT2D eigenvalue weighted by Crippen LogP contribution is 2.37. The van der Waals surface area contributed by atoms with Crippen molar-refractivity contribution < 1.29 is 4.42 Å². The molecule has 0 bridgehead atoms. The van der Waals surface area contributed by atoms with Gasteiger partial charge in [-0.1, -0.05) is 127 Å². The third kappa shape index (κ3) is 5.81. The molecule has 1 unspecified atom stereocenters. The van der Waals surface area contributed by atoms with E-state index in [1.165, 1.54) is 16.7 Å². The molecule has 4 nitrogen and oxygen atoms in total. The lowest BCUT2D eigenvalue weighted by molar-refractivity contribution is 0.589. The summed E-state index contributed by atoms with van der Waals surface area (Å²) < 4.78 is 6.01. The minimum Gasteiger partial charge on any atom is -0.436 e. The summed E-state index contributed by atoms with van der Waals surface area (Å²) in [5.74, 6) is 1.39. The first-order valence-electron chi connectivity index (χ1n) is 14.6. The second kappa shape index (κ2) is 11.8. The smallest absolute Gasteiger partial charge is 0.226 e. The number of hydrogen-bond donors (Lipinski definition) is 0. The van der Waals surface area contributed by atoms with Gasteiger partial charge in [0, 0.05) is 17.5 Å². The van der Waals surface area contributed by atoms with Crippen molar-refractivity contribution in [3.05, 3.63) is 167 Å². The van der Waals surface area contributed by atoms with Crippen molar-refractivity contribution in [1.29, 1.82) is 0 Å². The van der Waals surface area contributed by atoms with Gasteiger partial charge in [-0.2, -0.15) is 5.10 Å². The van der Waals surface area contributed by atoms with Crippen LogP contribution in [-0.4, -0.2) is 10.7 Å². The van der Waals surface area contributed by atoms with Crippen LogP contribution in [0.2, 0.25) is 0 Å². The molecule has 0 aliphatic carbocycles. The molecule has 208 valence electrons. The Balaban J connectivity index is 1.07. The van der Waals surface area contributed by atoms with Gasteiger partial charge < -0.3 is 4.42 Å². The lowest BCUT2D eigenvalue weighted by Gasteiger charge is -2.24. The van der Waals surface area contributed by atoms with Crippen LogP contribution in [0.1, 0.15) is 40.3 Å². The van der Waals surface area contributed by atoms with Gasteiger partial charge in [0.15, 0.2) is 5.76 Å². The van der Waals surface area contributed by atoms with E-state index in [2.05, 4.69) is 120 Å². The van der Waals surface area contributed by atoms with Crippen LogP contribution in [0.15, 0.2) is 149 Å². The van der Waals surface area contributed by atoms with Crippen molar-refractivity contribution in [2.24, 2.45) is 5.10 Å². The van der Waals surface area contributed by atoms with E-state index < -0.39 is 0 Å². The molecule has 6 aromatic rings. The molecule has 1 aromatic heterocycles. The van der Waals surface area contributed by atoms with Crippen molar-refractivity contribution in [3.8, 4) is 22.8 Å². The van der Waals surface area contributed by atoms with E-state index in [0.717, 1.165) is 45.8 Å². The second-order valence-electron chi connectivity index (χ2n) is 10.8. The molecule has 0 radical (unpaired) electrons. The summed E-state index contributed by atoms with van der Waals surface area (Å²) in [5, 5.41) is 7.28. The fourth-order valence-corrected chi connectivity index (χ4v) is 5.41. The van der Waals surface area contributed by atoms with Gasteiger partial charge in [0.25, 0.3) is 0 Å². The number of oxazole rings is 1. The fourth-order valence-electron chi connectivity index (χ4n) is 5.41. The van der Waals surface area contributed by atoms with Crippen molar-refractivity contribution >= 4 is 23.6 Å². The Kier molecular flexibility index (Phi) is 7.24. The van der Waals surface area contributed by atoms with E-state index in [1.54, 1.807) is 6.20 Å². The van der Waals surface area contributed by atoms with Crippen LogP contribution in [0.25, 0.3) is 34.9 Å². The molecule has 43 heavy (non-hydrogen) atoms. The summed E-state index contributed by atoms with van der Waals surface area (Å²) in [5.41, 5.74) is 10.1. The number of nitrogens with zero attached hydrogens (tertiary/aromatic N) is 3. The van der Waals surface area contributed by atoms with Crippen molar-refractivity contribution in [2.45, 2.75) is 19.4 Å². The van der Waals surface area contributed by atoms with E-state index in [1.807, 2.05) is 42.5 Å². The van der Waals surface area contributed by atoms with Crippen molar-refractivity contribution in [2.75, 3.05) is 5.01 Å². The Bertz CT molecular complexity index is 1870. The average molecular weight is 558 g/mol. The Morgan fingerprint density at radius 1 is 0.651 bits per heavy atom. The maximum absolute atomic E-state index is 6.01. The van der Waals surface area contributed by atoms with Crippen LogP contribution in [0.5, 0.6) is 0 Å². The second-order valence-corrected chi connectivity index (χ2v) is 10.8. The SMILES string of the molecule is Cc1ccc(C2=NN(c3ccc(C=Cc4ccc(-c5ncc(-c6ccccc6)o5)cc4)cc3)C(c3ccccc3)C2)cc1. The monoisotopic (exact) mass is 557 g/mol. The standard InChI is InChI=1S/C39H31N3O/c1-28-12-20-31(21-13-28)36-26-37(32-8-4-2-5-9-32)42(41-36)35-24-18-30(19-25-35)15-14-29-16-22-34(23-17-29)39-40-27-38(43-39)33-10-6-3-7-11-33/h2-25,27,37H,26H2,1H3. The lowest BCUT2D eigenvalue weighted by atomic mass is 9.98. The molecular weight excluding hydrogens is 526 g/mol. The van der Waals surface area contributed by atoms with Crippen LogP contribution >= 0.6 is 0 Å². The minimum absolute atomic E-state index is 0.157. The van der Waals surface area contributed by atoms with Gasteiger partial charge in [-0.3, -0.25) is 5.01 Å². The highest BCUT2D eigenvalue weighted by Gasteiger charge is 2.29. The van der Waals surface area contributed by atoms with Gasteiger partial charge in [0.05, 0.1) is 23.6 Å². The predicted octanol–water partition coefficient (Wildman–Crippen LogP) is 9.84. The predicted molar refractivity (Wildman–Crippen MR) is 177 cm³/mol. The summed E-state index contributed by atoms with van der Waals surface area (Å²) in [6, 6.07) is 46.4. The summed E-state index contributed by atoms with van der Waals surface area (Å²) in [4.78, 5) is 4.48. The molecule has 0 spiro atoms. The Labute approximate surface area is 252 Å². The molecule has 0 fully saturated rings. The largest absolute Gasteiger partial charge is 0.436 e. The molecule has 7 rings (SSSR count). The van der Waals surface area contributed by atoms with E-state index >= 15 is 0 Å². The maximum atomic E-state index is 6.01. The Hall–Kier alpha value is -5.48. The molecule has 0 saturated carbocycles. The Morgan fingerprint density at radius 3 is 1.93 bits per heavy atom. The van der Waals surface area contributed by atoms with Gasteiger partial charge in [-0.15, -0.1) is 0 Å². The topological polar surface area (TPSA) is 41.6 Å². The first-order valence-corrected chi connectivity index (χ1v) is 14.6. The number of hydrazone groups is 1. The molecule has 2 heterocycles. The number of rotatable bonds is 7. The zero-order valence-electron chi connectivity index (χ0n) is 24.0. The summed E-state index contributed by atoms with van der Waals surface area (Å²) in [6.07, 6.45) is 6.91. The van der Waals surface area contributed by atoms with Crippen molar-refractivity contribution in [3.63, 3.8) is 0 Å². The minimum atomic E-state index is 0.157. The number of hydrogen-bond acceptors (Lipinski definition) is 4. The van der Waals surface area contributed by atoms with Crippen LogP contribution < -0.4 is 5.01 Å². The third-order valence-electron chi connectivity index (χ3n) is 7.83. The summed E-state index contributed by atoms with van der Waals surface area (Å²) in [7, 11) is 0. The molecule has 1 aliphatic rings. The summed E-state index contributed by atoms with van der Waals surface area (Å²) in [6.45, 7) is 2.12. The zero-order valence-corrected chi connectivity index (χ0v) is 24.0. The maximum Gasteiger partial charge on any atom is 0.226 e. The molecule has 4 heteroatoms. The van der Waals surface area contributed by atoms with E-state index in [4.69, 9.17) is 9.52 Å². The first kappa shape index (κ1) is 26.4. The molecule has 0 amide bonds. The molecule has 1 aliphatic heterocycles. The molecular formula is C39H31N3O. The number of anilines is 1. The van der Waals surface area contributed by atoms with Crippen LogP contribution in [-0.2, 0) is 0 Å². The van der Waals surface area contributed by atoms with Gasteiger partial charge in [0.1, 0.15) is 0 Å².